The van der Waals surface area contributed by atoms with Gasteiger partial charge in [-0.15, -0.1) is 0 Å². The Morgan fingerprint density at radius 3 is 2.37 bits per heavy atom. The largest absolute Gasteiger partial charge is 0.324 e. The van der Waals surface area contributed by atoms with Gasteiger partial charge in [0.25, 0.3) is 0 Å². The summed E-state index contributed by atoms with van der Waals surface area (Å²) in [5.41, 5.74) is 9.31. The number of nitrogens with zero attached hydrogens (tertiary/aromatic N) is 1. The number of benzene rings is 1. The zero-order chi connectivity index (χ0) is 13.8. The second-order valence-corrected chi connectivity index (χ2v) is 5.40. The van der Waals surface area contributed by atoms with Crippen LogP contribution in [-0.4, -0.2) is 4.98 Å². The van der Waals surface area contributed by atoms with Crippen molar-refractivity contribution in [3.63, 3.8) is 0 Å². The van der Waals surface area contributed by atoms with Crippen molar-refractivity contribution in [1.29, 1.82) is 0 Å². The first-order valence-electron chi connectivity index (χ1n) is 6.24. The van der Waals surface area contributed by atoms with E-state index < -0.39 is 0 Å². The van der Waals surface area contributed by atoms with Crippen LogP contribution < -0.4 is 5.73 Å². The van der Waals surface area contributed by atoms with Crippen LogP contribution in [0.1, 0.15) is 29.8 Å². The van der Waals surface area contributed by atoms with Crippen molar-refractivity contribution in [3.05, 3.63) is 63.4 Å². The highest BCUT2D eigenvalue weighted by atomic mass is 35.5. The topological polar surface area (TPSA) is 38.9 Å². The maximum atomic E-state index is 6.18. The van der Waals surface area contributed by atoms with Gasteiger partial charge in [-0.05, 0) is 41.8 Å². The molecule has 100 valence electrons. The molecule has 1 heterocycles. The average Bonchev–Trinajstić information content (AvgIpc) is 2.38. The summed E-state index contributed by atoms with van der Waals surface area (Å²) >= 11 is 12.0. The molecule has 0 fully saturated rings. The van der Waals surface area contributed by atoms with Gasteiger partial charge in [-0.3, -0.25) is 4.98 Å². The van der Waals surface area contributed by atoms with Gasteiger partial charge in [-0.25, -0.2) is 0 Å². The molecule has 0 spiro atoms. The molecule has 0 saturated heterocycles. The van der Waals surface area contributed by atoms with E-state index in [-0.39, 0.29) is 6.04 Å². The summed E-state index contributed by atoms with van der Waals surface area (Å²) in [5, 5.41) is 1.21. The molecule has 1 unspecified atom stereocenters. The molecule has 0 aliphatic heterocycles. The Balaban J connectivity index is 2.13. The molecule has 2 nitrogen and oxygen atoms in total. The summed E-state index contributed by atoms with van der Waals surface area (Å²) < 4.78 is 0. The van der Waals surface area contributed by atoms with Crippen LogP contribution in [-0.2, 0) is 12.8 Å². The van der Waals surface area contributed by atoms with E-state index in [2.05, 4.69) is 18.0 Å². The molecule has 0 bridgehead atoms. The third-order valence-corrected chi connectivity index (χ3v) is 3.47. The zero-order valence-corrected chi connectivity index (χ0v) is 12.2. The minimum absolute atomic E-state index is 0.156. The Morgan fingerprint density at radius 2 is 1.84 bits per heavy atom. The molecule has 2 rings (SSSR count). The van der Waals surface area contributed by atoms with Crippen LogP contribution in [0, 0.1) is 0 Å². The second kappa shape index (κ2) is 6.38. The number of halogens is 2. The highest BCUT2D eigenvalue weighted by Gasteiger charge is 2.10. The normalized spacial score (nSPS) is 12.4. The molecular weight excluding hydrogens is 279 g/mol. The summed E-state index contributed by atoms with van der Waals surface area (Å²) in [6.07, 6.45) is 3.55. The Kier molecular flexibility index (Phi) is 4.81. The van der Waals surface area contributed by atoms with Crippen LogP contribution >= 0.6 is 23.2 Å². The van der Waals surface area contributed by atoms with Crippen molar-refractivity contribution in [2.24, 2.45) is 5.73 Å². The van der Waals surface area contributed by atoms with Crippen LogP contribution in [0.5, 0.6) is 0 Å². The van der Waals surface area contributed by atoms with Gasteiger partial charge in [0.15, 0.2) is 0 Å². The molecule has 1 aromatic carbocycles. The van der Waals surface area contributed by atoms with E-state index in [1.165, 1.54) is 5.56 Å². The van der Waals surface area contributed by atoms with Crippen LogP contribution in [0.4, 0.5) is 0 Å². The van der Waals surface area contributed by atoms with E-state index in [9.17, 15) is 0 Å². The zero-order valence-electron chi connectivity index (χ0n) is 10.7. The predicted molar refractivity (Wildman–Crippen MR) is 80.7 cm³/mol. The first kappa shape index (κ1) is 14.3. The molecule has 4 heteroatoms. The van der Waals surface area contributed by atoms with Crippen LogP contribution in [0.25, 0.3) is 0 Å². The van der Waals surface area contributed by atoms with Crippen molar-refractivity contribution in [3.8, 4) is 0 Å². The van der Waals surface area contributed by atoms with Crippen molar-refractivity contribution < 1.29 is 0 Å². The summed E-state index contributed by atoms with van der Waals surface area (Å²) in [7, 11) is 0. The predicted octanol–water partition coefficient (Wildman–Crippen LogP) is 4.19. The fraction of sp³-hybridized carbons (Fsp3) is 0.267. The average molecular weight is 295 g/mol. The lowest BCUT2D eigenvalue weighted by Gasteiger charge is -2.12. The molecular formula is C15H16Cl2N2. The first-order valence-corrected chi connectivity index (χ1v) is 6.99. The molecule has 19 heavy (non-hydrogen) atoms. The quantitative estimate of drug-likeness (QED) is 0.918. The molecule has 0 aliphatic carbocycles. The molecule has 0 radical (unpaired) electrons. The molecule has 2 aromatic rings. The van der Waals surface area contributed by atoms with E-state index >= 15 is 0 Å². The summed E-state index contributed by atoms with van der Waals surface area (Å²) in [6, 6.07) is 9.34. The van der Waals surface area contributed by atoms with Gasteiger partial charge in [-0.1, -0.05) is 36.2 Å². The summed E-state index contributed by atoms with van der Waals surface area (Å²) in [4.78, 5) is 4.41. The van der Waals surface area contributed by atoms with Crippen molar-refractivity contribution in [2.45, 2.75) is 25.8 Å². The van der Waals surface area contributed by atoms with Crippen LogP contribution in [0.3, 0.4) is 0 Å². The lowest BCUT2D eigenvalue weighted by molar-refractivity contribution is 0.706. The summed E-state index contributed by atoms with van der Waals surface area (Å²) in [6.45, 7) is 2.11. The monoisotopic (exact) mass is 294 g/mol. The number of hydrogen-bond donors (Lipinski definition) is 1. The molecule has 2 N–H and O–H groups in total. The number of pyridine rings is 1. The SMILES string of the molecule is CCc1ccc(CC(N)c2cc(Cl)cc(Cl)c2)nc1. The molecule has 0 saturated carbocycles. The first-order chi connectivity index (χ1) is 9.08. The highest BCUT2D eigenvalue weighted by molar-refractivity contribution is 6.34. The van der Waals surface area contributed by atoms with Crippen molar-refractivity contribution in [2.75, 3.05) is 0 Å². The fourth-order valence-electron chi connectivity index (χ4n) is 1.92. The van der Waals surface area contributed by atoms with E-state index in [4.69, 9.17) is 28.9 Å². The van der Waals surface area contributed by atoms with Gasteiger partial charge in [0, 0.05) is 34.4 Å². The Bertz CT molecular complexity index is 532. The number of rotatable bonds is 4. The van der Waals surface area contributed by atoms with Gasteiger partial charge in [0.2, 0.25) is 0 Å². The number of nitrogens with two attached hydrogens (primary N) is 1. The van der Waals surface area contributed by atoms with E-state index in [0.29, 0.717) is 16.5 Å². The van der Waals surface area contributed by atoms with E-state index in [1.54, 1.807) is 6.07 Å². The minimum atomic E-state index is -0.156. The van der Waals surface area contributed by atoms with E-state index in [0.717, 1.165) is 17.7 Å². The van der Waals surface area contributed by atoms with Gasteiger partial charge in [0.05, 0.1) is 0 Å². The minimum Gasteiger partial charge on any atom is -0.324 e. The smallest absolute Gasteiger partial charge is 0.0424 e. The highest BCUT2D eigenvalue weighted by Crippen LogP contribution is 2.24. The Labute approximate surface area is 123 Å². The lowest BCUT2D eigenvalue weighted by atomic mass is 10.0. The van der Waals surface area contributed by atoms with Gasteiger partial charge >= 0.3 is 0 Å². The van der Waals surface area contributed by atoms with Gasteiger partial charge < -0.3 is 5.73 Å². The molecule has 0 amide bonds. The van der Waals surface area contributed by atoms with Gasteiger partial charge in [-0.2, -0.15) is 0 Å². The molecule has 1 atom stereocenters. The number of aromatic nitrogens is 1. The van der Waals surface area contributed by atoms with Crippen molar-refractivity contribution in [1.82, 2.24) is 4.98 Å². The fourth-order valence-corrected chi connectivity index (χ4v) is 2.46. The standard InChI is InChI=1S/C15H16Cl2N2/c1-2-10-3-4-14(19-9-10)8-15(18)11-5-12(16)7-13(17)6-11/h3-7,9,15H,2,8,18H2,1H3. The van der Waals surface area contributed by atoms with Crippen LogP contribution in [0.15, 0.2) is 36.5 Å². The molecule has 1 aromatic heterocycles. The Hall–Kier alpha value is -1.09. The third kappa shape index (κ3) is 3.93. The van der Waals surface area contributed by atoms with Crippen LogP contribution in [0.2, 0.25) is 10.0 Å². The maximum Gasteiger partial charge on any atom is 0.0424 e. The second-order valence-electron chi connectivity index (χ2n) is 4.52. The summed E-state index contributed by atoms with van der Waals surface area (Å²) in [5.74, 6) is 0. The van der Waals surface area contributed by atoms with Crippen molar-refractivity contribution >= 4 is 23.2 Å². The lowest BCUT2D eigenvalue weighted by Crippen LogP contribution is -2.14. The number of hydrogen-bond acceptors (Lipinski definition) is 2. The van der Waals surface area contributed by atoms with Gasteiger partial charge in [0.1, 0.15) is 0 Å². The molecule has 0 aliphatic rings. The Morgan fingerprint density at radius 1 is 1.16 bits per heavy atom. The maximum absolute atomic E-state index is 6.18. The third-order valence-electron chi connectivity index (χ3n) is 3.04. The number of aryl methyl sites for hydroxylation is 1. The van der Waals surface area contributed by atoms with E-state index in [1.807, 2.05) is 24.4 Å².